The highest BCUT2D eigenvalue weighted by Gasteiger charge is 2.16. The first-order chi connectivity index (χ1) is 13.5. The molecule has 0 saturated carbocycles. The van der Waals surface area contributed by atoms with E-state index in [-0.39, 0.29) is 23.9 Å². The Labute approximate surface area is 161 Å². The number of aryl methyl sites for hydroxylation is 1. The first-order valence-corrected chi connectivity index (χ1v) is 8.51. The first-order valence-electron chi connectivity index (χ1n) is 8.51. The van der Waals surface area contributed by atoms with Crippen molar-refractivity contribution >= 4 is 17.7 Å². The highest BCUT2D eigenvalue weighted by Crippen LogP contribution is 2.31. The Morgan fingerprint density at radius 3 is 2.71 bits per heavy atom. The molecular weight excluding hydrogens is 360 g/mol. The lowest BCUT2D eigenvalue weighted by Gasteiger charge is -2.09. The van der Waals surface area contributed by atoms with E-state index in [1.54, 1.807) is 19.1 Å². The molecule has 142 valence electrons. The van der Waals surface area contributed by atoms with Crippen molar-refractivity contribution < 1.29 is 13.9 Å². The van der Waals surface area contributed by atoms with E-state index in [1.807, 2.05) is 13.0 Å². The fraction of sp³-hybridized carbons (Fsp3) is 0.211. The van der Waals surface area contributed by atoms with Gasteiger partial charge in [-0.25, -0.2) is 15.0 Å². The molecule has 0 radical (unpaired) electrons. The summed E-state index contributed by atoms with van der Waals surface area (Å²) in [7, 11) is 0. The molecule has 0 aliphatic carbocycles. The standard InChI is InChI=1S/C19H18N6O3/c1-3-27-17(26)10-24-19-22-8-12(9-23-19)13-6-15(16-5-4-11(2)28-16)25-18(21)14(13)7-20/h4-6,8-9H,3,10H2,1-2H3,(H2,21,25)(H,22,23,24). The number of rotatable bonds is 6. The Kier molecular flexibility index (Phi) is 5.50. The summed E-state index contributed by atoms with van der Waals surface area (Å²) >= 11 is 0. The number of esters is 1. The number of nitrogen functional groups attached to an aromatic ring is 1. The van der Waals surface area contributed by atoms with Crippen LogP contribution in [-0.4, -0.2) is 34.1 Å². The molecule has 3 rings (SSSR count). The van der Waals surface area contributed by atoms with E-state index in [2.05, 4.69) is 26.3 Å². The average Bonchev–Trinajstić information content (AvgIpc) is 3.13. The summed E-state index contributed by atoms with van der Waals surface area (Å²) in [4.78, 5) is 24.0. The van der Waals surface area contributed by atoms with Gasteiger partial charge in [0.2, 0.25) is 5.95 Å². The molecule has 0 unspecified atom stereocenters. The van der Waals surface area contributed by atoms with Crippen molar-refractivity contribution in [2.45, 2.75) is 13.8 Å². The van der Waals surface area contributed by atoms with Crippen molar-refractivity contribution in [2.75, 3.05) is 24.2 Å². The first kappa shape index (κ1) is 18.8. The van der Waals surface area contributed by atoms with Gasteiger partial charge in [0.1, 0.15) is 35.4 Å². The number of carbonyl (C=O) groups excluding carboxylic acids is 1. The van der Waals surface area contributed by atoms with Crippen molar-refractivity contribution in [3.8, 4) is 28.7 Å². The van der Waals surface area contributed by atoms with Gasteiger partial charge in [-0.1, -0.05) is 0 Å². The summed E-state index contributed by atoms with van der Waals surface area (Å²) in [5.74, 6) is 1.24. The third-order valence-electron chi connectivity index (χ3n) is 3.81. The van der Waals surface area contributed by atoms with Gasteiger partial charge < -0.3 is 20.2 Å². The van der Waals surface area contributed by atoms with Crippen LogP contribution >= 0.6 is 0 Å². The molecule has 0 aliphatic rings. The smallest absolute Gasteiger partial charge is 0.325 e. The van der Waals surface area contributed by atoms with Gasteiger partial charge in [0, 0.05) is 23.5 Å². The maximum absolute atomic E-state index is 11.4. The maximum atomic E-state index is 11.4. The van der Waals surface area contributed by atoms with Gasteiger partial charge in [-0.2, -0.15) is 5.26 Å². The maximum Gasteiger partial charge on any atom is 0.325 e. The molecule has 9 nitrogen and oxygen atoms in total. The molecule has 0 fully saturated rings. The second kappa shape index (κ2) is 8.18. The summed E-state index contributed by atoms with van der Waals surface area (Å²) in [6, 6.07) is 7.37. The van der Waals surface area contributed by atoms with E-state index in [9.17, 15) is 10.1 Å². The van der Waals surface area contributed by atoms with E-state index >= 15 is 0 Å². The molecule has 0 spiro atoms. The van der Waals surface area contributed by atoms with Crippen molar-refractivity contribution in [1.29, 1.82) is 5.26 Å². The highest BCUT2D eigenvalue weighted by atomic mass is 16.5. The number of furan rings is 1. The summed E-state index contributed by atoms with van der Waals surface area (Å²) in [6.07, 6.45) is 3.07. The molecule has 3 aromatic rings. The molecule has 0 aliphatic heterocycles. The Morgan fingerprint density at radius 1 is 1.36 bits per heavy atom. The van der Waals surface area contributed by atoms with E-state index in [0.29, 0.717) is 29.2 Å². The average molecular weight is 378 g/mol. The zero-order valence-electron chi connectivity index (χ0n) is 15.4. The zero-order valence-corrected chi connectivity index (χ0v) is 15.4. The minimum atomic E-state index is -0.401. The van der Waals surface area contributed by atoms with Gasteiger partial charge in [-0.15, -0.1) is 0 Å². The van der Waals surface area contributed by atoms with Crippen LogP contribution in [0.2, 0.25) is 0 Å². The van der Waals surface area contributed by atoms with Crippen molar-refractivity contribution in [3.63, 3.8) is 0 Å². The van der Waals surface area contributed by atoms with Crippen LogP contribution in [0.3, 0.4) is 0 Å². The van der Waals surface area contributed by atoms with Crippen LogP contribution in [0.4, 0.5) is 11.8 Å². The van der Waals surface area contributed by atoms with Crippen LogP contribution < -0.4 is 11.1 Å². The molecular formula is C19H18N6O3. The predicted molar refractivity (Wildman–Crippen MR) is 102 cm³/mol. The van der Waals surface area contributed by atoms with Crippen LogP contribution in [0, 0.1) is 18.3 Å². The summed E-state index contributed by atoms with van der Waals surface area (Å²) < 4.78 is 10.4. The van der Waals surface area contributed by atoms with Crippen LogP contribution in [0.15, 0.2) is 35.0 Å². The lowest BCUT2D eigenvalue weighted by molar-refractivity contribution is -0.140. The Bertz CT molecular complexity index is 1040. The summed E-state index contributed by atoms with van der Waals surface area (Å²) in [5.41, 5.74) is 7.82. The van der Waals surface area contributed by atoms with Crippen molar-refractivity contribution in [3.05, 3.63) is 41.9 Å². The fourth-order valence-corrected chi connectivity index (χ4v) is 2.53. The highest BCUT2D eigenvalue weighted by molar-refractivity contribution is 5.79. The lowest BCUT2D eigenvalue weighted by Crippen LogP contribution is -2.17. The Hall–Kier alpha value is -3.93. The van der Waals surface area contributed by atoms with Gasteiger partial charge in [-0.3, -0.25) is 4.79 Å². The number of anilines is 2. The van der Waals surface area contributed by atoms with E-state index < -0.39 is 5.97 Å². The Morgan fingerprint density at radius 2 is 2.11 bits per heavy atom. The number of hydrogen-bond acceptors (Lipinski definition) is 9. The third-order valence-corrected chi connectivity index (χ3v) is 3.81. The van der Waals surface area contributed by atoms with Crippen LogP contribution in [-0.2, 0) is 9.53 Å². The lowest BCUT2D eigenvalue weighted by atomic mass is 10.0. The molecule has 9 heteroatoms. The molecule has 3 aromatic heterocycles. The SMILES string of the molecule is CCOC(=O)CNc1ncc(-c2cc(-c3ccc(C)o3)nc(N)c2C#N)cn1. The topological polar surface area (TPSA) is 140 Å². The van der Waals surface area contributed by atoms with E-state index in [4.69, 9.17) is 14.9 Å². The molecule has 0 atom stereocenters. The second-order valence-electron chi connectivity index (χ2n) is 5.79. The van der Waals surface area contributed by atoms with Crippen molar-refractivity contribution in [1.82, 2.24) is 15.0 Å². The number of aromatic nitrogens is 3. The zero-order chi connectivity index (χ0) is 20.1. The largest absolute Gasteiger partial charge is 0.465 e. The Balaban J connectivity index is 1.91. The second-order valence-corrected chi connectivity index (χ2v) is 5.79. The molecule has 3 heterocycles. The summed E-state index contributed by atoms with van der Waals surface area (Å²) in [6.45, 7) is 3.82. The van der Waals surface area contributed by atoms with Gasteiger partial charge >= 0.3 is 5.97 Å². The van der Waals surface area contributed by atoms with Gasteiger partial charge in [0.25, 0.3) is 0 Å². The molecule has 3 N–H and O–H groups in total. The van der Waals surface area contributed by atoms with Crippen molar-refractivity contribution in [2.24, 2.45) is 0 Å². The van der Waals surface area contributed by atoms with Crippen LogP contribution in [0.25, 0.3) is 22.6 Å². The molecule has 0 saturated heterocycles. The van der Waals surface area contributed by atoms with E-state index in [0.717, 1.165) is 5.76 Å². The van der Waals surface area contributed by atoms with Gasteiger partial charge in [0.15, 0.2) is 5.76 Å². The third kappa shape index (κ3) is 4.07. The minimum Gasteiger partial charge on any atom is -0.465 e. The molecule has 28 heavy (non-hydrogen) atoms. The normalized spacial score (nSPS) is 10.3. The number of ether oxygens (including phenoxy) is 1. The summed E-state index contributed by atoms with van der Waals surface area (Å²) in [5, 5.41) is 12.3. The number of pyridine rings is 1. The van der Waals surface area contributed by atoms with Crippen LogP contribution in [0.5, 0.6) is 0 Å². The van der Waals surface area contributed by atoms with Gasteiger partial charge in [-0.05, 0) is 32.0 Å². The fourth-order valence-electron chi connectivity index (χ4n) is 2.53. The number of nitriles is 1. The number of nitrogens with zero attached hydrogens (tertiary/aromatic N) is 4. The molecule has 0 bridgehead atoms. The number of nitrogens with two attached hydrogens (primary N) is 1. The minimum absolute atomic E-state index is 0.0408. The molecule has 0 amide bonds. The van der Waals surface area contributed by atoms with Crippen LogP contribution in [0.1, 0.15) is 18.2 Å². The van der Waals surface area contributed by atoms with E-state index in [1.165, 1.54) is 12.4 Å². The number of nitrogens with one attached hydrogen (secondary N) is 1. The van der Waals surface area contributed by atoms with Gasteiger partial charge in [0.05, 0.1) is 6.61 Å². The quantitative estimate of drug-likeness (QED) is 0.619. The monoisotopic (exact) mass is 378 g/mol. The predicted octanol–water partition coefficient (Wildman–Crippen LogP) is 2.54. The number of hydrogen-bond donors (Lipinski definition) is 2. The number of carbonyl (C=O) groups is 1. The molecule has 0 aromatic carbocycles.